The summed E-state index contributed by atoms with van der Waals surface area (Å²) in [6.07, 6.45) is 1.09. The maximum atomic E-state index is 12.1. The van der Waals surface area contributed by atoms with Crippen LogP contribution in [0.2, 0.25) is 0 Å². The number of hydrogen-bond acceptors (Lipinski definition) is 4. The third-order valence-corrected chi connectivity index (χ3v) is 3.03. The molecule has 6 nitrogen and oxygen atoms in total. The van der Waals surface area contributed by atoms with Gasteiger partial charge in [0.1, 0.15) is 5.75 Å². The van der Waals surface area contributed by atoms with Crippen LogP contribution in [0.3, 0.4) is 0 Å². The largest absolute Gasteiger partial charge is 0.497 e. The van der Waals surface area contributed by atoms with E-state index >= 15 is 0 Å². The molecule has 2 rings (SSSR count). The Bertz CT molecular complexity index is 492. The van der Waals surface area contributed by atoms with Crippen molar-refractivity contribution < 1.29 is 14.3 Å². The predicted octanol–water partition coefficient (Wildman–Crippen LogP) is 0.286. The highest BCUT2D eigenvalue weighted by Gasteiger charge is 2.20. The van der Waals surface area contributed by atoms with Gasteiger partial charge in [-0.15, -0.1) is 0 Å². The molecule has 19 heavy (non-hydrogen) atoms. The lowest BCUT2D eigenvalue weighted by Gasteiger charge is -2.23. The Morgan fingerprint density at radius 3 is 2.89 bits per heavy atom. The van der Waals surface area contributed by atoms with Crippen LogP contribution in [0.25, 0.3) is 0 Å². The third kappa shape index (κ3) is 3.37. The van der Waals surface area contributed by atoms with Crippen molar-refractivity contribution in [3.05, 3.63) is 23.8 Å². The second-order valence-corrected chi connectivity index (χ2v) is 4.51. The highest BCUT2D eigenvalue weighted by Crippen LogP contribution is 2.18. The van der Waals surface area contributed by atoms with Gasteiger partial charge in [0.2, 0.25) is 5.91 Å². The molecule has 0 aromatic heterocycles. The SMILES string of the molecule is COc1cc(N)cc(C(=O)NC2CCC(=O)NC2)c1. The highest BCUT2D eigenvalue weighted by molar-refractivity contribution is 5.95. The highest BCUT2D eigenvalue weighted by atomic mass is 16.5. The summed E-state index contributed by atoms with van der Waals surface area (Å²) >= 11 is 0. The maximum Gasteiger partial charge on any atom is 0.251 e. The summed E-state index contributed by atoms with van der Waals surface area (Å²) in [4.78, 5) is 23.1. The van der Waals surface area contributed by atoms with Crippen LogP contribution in [0, 0.1) is 0 Å². The summed E-state index contributed by atoms with van der Waals surface area (Å²) in [7, 11) is 1.52. The number of benzene rings is 1. The number of piperidine rings is 1. The molecule has 6 heteroatoms. The molecule has 102 valence electrons. The Hall–Kier alpha value is -2.24. The van der Waals surface area contributed by atoms with Gasteiger partial charge in [-0.25, -0.2) is 0 Å². The number of methoxy groups -OCH3 is 1. The van der Waals surface area contributed by atoms with Crippen molar-refractivity contribution in [3.8, 4) is 5.75 Å². The van der Waals surface area contributed by atoms with E-state index in [9.17, 15) is 9.59 Å². The lowest BCUT2D eigenvalue weighted by molar-refractivity contribution is -0.122. The number of anilines is 1. The Balaban J connectivity index is 2.03. The molecule has 1 fully saturated rings. The van der Waals surface area contributed by atoms with Crippen LogP contribution in [0.1, 0.15) is 23.2 Å². The van der Waals surface area contributed by atoms with Crippen LogP contribution < -0.4 is 21.1 Å². The summed E-state index contributed by atoms with van der Waals surface area (Å²) in [5.74, 6) is 0.352. The van der Waals surface area contributed by atoms with E-state index in [0.29, 0.717) is 36.4 Å². The van der Waals surface area contributed by atoms with E-state index in [4.69, 9.17) is 10.5 Å². The minimum atomic E-state index is -0.216. The molecule has 1 heterocycles. The fraction of sp³-hybridized carbons (Fsp3) is 0.385. The lowest BCUT2D eigenvalue weighted by Crippen LogP contribution is -2.47. The van der Waals surface area contributed by atoms with Gasteiger partial charge in [0.25, 0.3) is 5.91 Å². The van der Waals surface area contributed by atoms with Crippen LogP contribution in [-0.4, -0.2) is 31.5 Å². The fourth-order valence-electron chi connectivity index (χ4n) is 2.00. The van der Waals surface area contributed by atoms with E-state index < -0.39 is 0 Å². The van der Waals surface area contributed by atoms with Gasteiger partial charge in [-0.3, -0.25) is 9.59 Å². The number of amides is 2. The van der Waals surface area contributed by atoms with Gasteiger partial charge in [-0.2, -0.15) is 0 Å². The summed E-state index contributed by atoms with van der Waals surface area (Å²) < 4.78 is 5.07. The second-order valence-electron chi connectivity index (χ2n) is 4.51. The molecule has 1 aromatic rings. The van der Waals surface area contributed by atoms with Crippen LogP contribution in [-0.2, 0) is 4.79 Å². The van der Waals surface area contributed by atoms with Gasteiger partial charge in [-0.05, 0) is 18.6 Å². The first-order valence-corrected chi connectivity index (χ1v) is 6.10. The van der Waals surface area contributed by atoms with Crippen molar-refractivity contribution in [2.75, 3.05) is 19.4 Å². The molecule has 2 amide bonds. The third-order valence-electron chi connectivity index (χ3n) is 3.03. The number of nitrogens with two attached hydrogens (primary N) is 1. The number of carbonyl (C=O) groups is 2. The minimum Gasteiger partial charge on any atom is -0.497 e. The molecule has 4 N–H and O–H groups in total. The zero-order valence-electron chi connectivity index (χ0n) is 10.7. The fourth-order valence-corrected chi connectivity index (χ4v) is 2.00. The quantitative estimate of drug-likeness (QED) is 0.683. The molecule has 0 spiro atoms. The Kier molecular flexibility index (Phi) is 3.89. The summed E-state index contributed by atoms with van der Waals surface area (Å²) in [6.45, 7) is 0.462. The normalized spacial score (nSPS) is 18.6. The average Bonchev–Trinajstić information content (AvgIpc) is 2.40. The van der Waals surface area contributed by atoms with Crippen molar-refractivity contribution in [2.45, 2.75) is 18.9 Å². The predicted molar refractivity (Wildman–Crippen MR) is 70.9 cm³/mol. The lowest BCUT2D eigenvalue weighted by atomic mass is 10.1. The van der Waals surface area contributed by atoms with Crippen molar-refractivity contribution in [1.82, 2.24) is 10.6 Å². The minimum absolute atomic E-state index is 0.0242. The van der Waals surface area contributed by atoms with Gasteiger partial charge in [0.15, 0.2) is 0 Å². The van der Waals surface area contributed by atoms with Gasteiger partial charge in [0.05, 0.1) is 7.11 Å². The zero-order valence-corrected chi connectivity index (χ0v) is 10.7. The number of carbonyl (C=O) groups excluding carboxylic acids is 2. The van der Waals surface area contributed by atoms with Crippen LogP contribution in [0.4, 0.5) is 5.69 Å². The topological polar surface area (TPSA) is 93.4 Å². The molecule has 1 atom stereocenters. The van der Waals surface area contributed by atoms with Gasteiger partial charge in [0, 0.05) is 36.3 Å². The molecule has 1 aromatic carbocycles. The van der Waals surface area contributed by atoms with E-state index in [2.05, 4.69) is 10.6 Å². The van der Waals surface area contributed by atoms with E-state index in [1.807, 2.05) is 0 Å². The summed E-state index contributed by atoms with van der Waals surface area (Å²) in [5, 5.41) is 5.59. The van der Waals surface area contributed by atoms with Crippen LogP contribution in [0.5, 0.6) is 5.75 Å². The first kappa shape index (κ1) is 13.2. The summed E-state index contributed by atoms with van der Waals surface area (Å²) in [6, 6.07) is 4.84. The molecule has 1 saturated heterocycles. The van der Waals surface area contributed by atoms with E-state index in [0.717, 1.165) is 0 Å². The number of hydrogen-bond donors (Lipinski definition) is 3. The van der Waals surface area contributed by atoms with Gasteiger partial charge in [-0.1, -0.05) is 0 Å². The monoisotopic (exact) mass is 263 g/mol. The van der Waals surface area contributed by atoms with E-state index in [-0.39, 0.29) is 17.9 Å². The number of ether oxygens (including phenoxy) is 1. The smallest absolute Gasteiger partial charge is 0.251 e. The summed E-state index contributed by atoms with van der Waals surface area (Å²) in [5.41, 5.74) is 6.63. The van der Waals surface area contributed by atoms with Crippen molar-refractivity contribution in [2.24, 2.45) is 0 Å². The van der Waals surface area contributed by atoms with Gasteiger partial charge >= 0.3 is 0 Å². The molecule has 0 radical (unpaired) electrons. The number of nitrogens with one attached hydrogen (secondary N) is 2. The molecule has 1 aliphatic rings. The number of rotatable bonds is 3. The maximum absolute atomic E-state index is 12.1. The van der Waals surface area contributed by atoms with Crippen molar-refractivity contribution in [3.63, 3.8) is 0 Å². The molecule has 0 saturated carbocycles. The van der Waals surface area contributed by atoms with Crippen molar-refractivity contribution >= 4 is 17.5 Å². The first-order chi connectivity index (χ1) is 9.08. The van der Waals surface area contributed by atoms with E-state index in [1.54, 1.807) is 18.2 Å². The first-order valence-electron chi connectivity index (χ1n) is 6.10. The molecular weight excluding hydrogens is 246 g/mol. The Morgan fingerprint density at radius 1 is 1.47 bits per heavy atom. The van der Waals surface area contributed by atoms with Crippen molar-refractivity contribution in [1.29, 1.82) is 0 Å². The molecule has 0 aliphatic carbocycles. The molecular formula is C13H17N3O3. The molecule has 1 aliphatic heterocycles. The average molecular weight is 263 g/mol. The Morgan fingerprint density at radius 2 is 2.26 bits per heavy atom. The molecule has 0 bridgehead atoms. The molecule has 1 unspecified atom stereocenters. The zero-order chi connectivity index (χ0) is 13.8. The van der Waals surface area contributed by atoms with Crippen LogP contribution >= 0.6 is 0 Å². The van der Waals surface area contributed by atoms with Crippen LogP contribution in [0.15, 0.2) is 18.2 Å². The van der Waals surface area contributed by atoms with Gasteiger partial charge < -0.3 is 21.1 Å². The second kappa shape index (κ2) is 5.60. The van der Waals surface area contributed by atoms with E-state index in [1.165, 1.54) is 7.11 Å². The number of nitrogen functional groups attached to an aromatic ring is 1. The standard InChI is InChI=1S/C13H17N3O3/c1-19-11-5-8(4-9(14)6-11)13(18)16-10-2-3-12(17)15-7-10/h4-6,10H,2-3,7,14H2,1H3,(H,15,17)(H,16,18). The Labute approximate surface area is 111 Å².